The van der Waals surface area contributed by atoms with E-state index in [2.05, 4.69) is 142 Å². The predicted octanol–water partition coefficient (Wildman–Crippen LogP) is 13.5. The maximum absolute atomic E-state index is 10.3. The lowest BCUT2D eigenvalue weighted by Crippen LogP contribution is -2.02. The summed E-state index contributed by atoms with van der Waals surface area (Å²) in [7, 11) is 0. The van der Waals surface area contributed by atoms with Crippen LogP contribution in [0.25, 0.3) is 93.2 Å². The highest BCUT2D eigenvalue weighted by Crippen LogP contribution is 2.43. The standard InChI is InChI=1S/C52H31N5/c1-33-11-24-49(56-47-9-5-3-7-41(47)45-29-38(19-25-50(45)56)36-15-12-34(31-53)13-16-36)44(27-33)43-23-14-35(32-54)28-52(43)57-48-10-6-4-8-42(48)46-30-39(20-26-51(46)57)37-17-21-40(55-2)22-18-37/h3-30H,1H3. The molecule has 0 amide bonds. The Morgan fingerprint density at radius 1 is 0.439 bits per heavy atom. The molecule has 0 atom stereocenters. The first-order valence-corrected chi connectivity index (χ1v) is 18.7. The van der Waals surface area contributed by atoms with Gasteiger partial charge in [0.25, 0.3) is 0 Å². The van der Waals surface area contributed by atoms with Crippen LogP contribution in [0.4, 0.5) is 5.69 Å². The summed E-state index contributed by atoms with van der Waals surface area (Å²) in [5, 5.41) is 24.2. The fraction of sp³-hybridized carbons (Fsp3) is 0.0192. The molecule has 0 aliphatic rings. The summed E-state index contributed by atoms with van der Waals surface area (Å²) in [5.41, 5.74) is 15.5. The molecule has 0 bridgehead atoms. The molecule has 0 radical (unpaired) electrons. The number of aryl methyl sites for hydroxylation is 1. The van der Waals surface area contributed by atoms with E-state index in [0.29, 0.717) is 16.8 Å². The Balaban J connectivity index is 1.21. The Morgan fingerprint density at radius 2 is 0.947 bits per heavy atom. The lowest BCUT2D eigenvalue weighted by atomic mass is 9.97. The number of hydrogen-bond acceptors (Lipinski definition) is 2. The van der Waals surface area contributed by atoms with E-state index in [1.165, 1.54) is 0 Å². The Morgan fingerprint density at radius 3 is 1.53 bits per heavy atom. The van der Waals surface area contributed by atoms with Gasteiger partial charge in [-0.3, -0.25) is 0 Å². The Hall–Kier alpha value is -8.17. The number of benzene rings is 8. The van der Waals surface area contributed by atoms with Crippen molar-refractivity contribution in [2.75, 3.05) is 0 Å². The summed E-state index contributed by atoms with van der Waals surface area (Å²) < 4.78 is 4.66. The van der Waals surface area contributed by atoms with Crippen molar-refractivity contribution in [2.45, 2.75) is 6.92 Å². The van der Waals surface area contributed by atoms with Crippen LogP contribution in [-0.2, 0) is 0 Å². The smallest absolute Gasteiger partial charge is 0.187 e. The topological polar surface area (TPSA) is 61.8 Å². The number of nitrogens with zero attached hydrogens (tertiary/aromatic N) is 5. The molecule has 5 nitrogen and oxygen atoms in total. The van der Waals surface area contributed by atoms with Crippen molar-refractivity contribution in [1.82, 2.24) is 9.13 Å². The minimum Gasteiger partial charge on any atom is -0.309 e. The molecule has 2 heterocycles. The van der Waals surface area contributed by atoms with Gasteiger partial charge in [0, 0.05) is 32.7 Å². The van der Waals surface area contributed by atoms with Crippen LogP contribution in [0, 0.1) is 36.2 Å². The van der Waals surface area contributed by atoms with E-state index in [4.69, 9.17) is 6.57 Å². The van der Waals surface area contributed by atoms with Crippen molar-refractivity contribution in [1.29, 1.82) is 10.5 Å². The third-order valence-corrected chi connectivity index (χ3v) is 11.1. The molecule has 0 aliphatic heterocycles. The van der Waals surface area contributed by atoms with Crippen LogP contribution >= 0.6 is 0 Å². The minimum atomic E-state index is 0.581. The third-order valence-electron chi connectivity index (χ3n) is 11.1. The maximum atomic E-state index is 10.3. The Labute approximate surface area is 329 Å². The molecule has 0 N–H and O–H groups in total. The molecule has 8 aromatic carbocycles. The van der Waals surface area contributed by atoms with Crippen LogP contribution < -0.4 is 0 Å². The van der Waals surface area contributed by atoms with Gasteiger partial charge in [-0.15, -0.1) is 0 Å². The second kappa shape index (κ2) is 13.3. The van der Waals surface area contributed by atoms with E-state index < -0.39 is 0 Å². The van der Waals surface area contributed by atoms with Gasteiger partial charge in [0.05, 0.1) is 63.3 Å². The molecule has 0 saturated heterocycles. The van der Waals surface area contributed by atoms with Gasteiger partial charge in [0.1, 0.15) is 0 Å². The zero-order valence-corrected chi connectivity index (χ0v) is 30.9. The molecular formula is C52H31N5. The van der Waals surface area contributed by atoms with Crippen LogP contribution in [-0.4, -0.2) is 9.13 Å². The first kappa shape index (κ1) is 33.4. The summed E-state index contributed by atoms with van der Waals surface area (Å²) in [5.74, 6) is 0. The van der Waals surface area contributed by atoms with Crippen LogP contribution in [0.2, 0.25) is 0 Å². The number of para-hydroxylation sites is 2. The fourth-order valence-corrected chi connectivity index (χ4v) is 8.36. The summed E-state index contributed by atoms with van der Waals surface area (Å²) in [4.78, 5) is 3.57. The summed E-state index contributed by atoms with van der Waals surface area (Å²) in [6.07, 6.45) is 0. The highest BCUT2D eigenvalue weighted by Gasteiger charge is 2.21. The molecule has 0 spiro atoms. The van der Waals surface area contributed by atoms with Crippen LogP contribution in [0.15, 0.2) is 170 Å². The van der Waals surface area contributed by atoms with Crippen molar-refractivity contribution in [3.63, 3.8) is 0 Å². The second-order valence-electron chi connectivity index (χ2n) is 14.4. The number of aromatic nitrogens is 2. The largest absolute Gasteiger partial charge is 0.309 e. The van der Waals surface area contributed by atoms with Gasteiger partial charge in [-0.25, -0.2) is 4.85 Å². The third kappa shape index (κ3) is 5.45. The molecule has 0 saturated carbocycles. The van der Waals surface area contributed by atoms with Crippen molar-refractivity contribution in [2.24, 2.45) is 0 Å². The van der Waals surface area contributed by atoms with Gasteiger partial charge in [0.15, 0.2) is 5.69 Å². The summed E-state index contributed by atoms with van der Waals surface area (Å²) in [6.45, 7) is 9.51. The summed E-state index contributed by atoms with van der Waals surface area (Å²) >= 11 is 0. The van der Waals surface area contributed by atoms with E-state index in [0.717, 1.165) is 93.9 Å². The van der Waals surface area contributed by atoms with Gasteiger partial charge >= 0.3 is 0 Å². The quantitative estimate of drug-likeness (QED) is 0.166. The van der Waals surface area contributed by atoms with Crippen molar-refractivity contribution in [3.05, 3.63) is 198 Å². The highest BCUT2D eigenvalue weighted by atomic mass is 15.0. The lowest BCUT2D eigenvalue weighted by molar-refractivity contribution is 1.15. The normalized spacial score (nSPS) is 11.2. The number of fused-ring (bicyclic) bond motifs is 6. The molecule has 5 heteroatoms. The monoisotopic (exact) mass is 725 g/mol. The fourth-order valence-electron chi connectivity index (χ4n) is 8.36. The molecule has 0 fully saturated rings. The van der Waals surface area contributed by atoms with Crippen LogP contribution in [0.1, 0.15) is 16.7 Å². The van der Waals surface area contributed by atoms with E-state index in [1.807, 2.05) is 60.7 Å². The second-order valence-corrected chi connectivity index (χ2v) is 14.4. The van der Waals surface area contributed by atoms with Crippen LogP contribution in [0.5, 0.6) is 0 Å². The highest BCUT2D eigenvalue weighted by molar-refractivity contribution is 6.12. The molecule has 10 rings (SSSR count). The molecule has 2 aromatic heterocycles. The van der Waals surface area contributed by atoms with Crippen molar-refractivity contribution >= 4 is 49.3 Å². The zero-order valence-electron chi connectivity index (χ0n) is 30.9. The van der Waals surface area contributed by atoms with E-state index in [9.17, 15) is 10.5 Å². The maximum Gasteiger partial charge on any atom is 0.187 e. The SMILES string of the molecule is [C-]#[N+]c1ccc(-c2ccc3c(c2)c2ccccc2n3-c2cc(C#N)ccc2-c2cc(C)ccc2-n2c3ccccc3c3cc(-c4ccc(C#N)cc4)ccc32)cc1. The van der Waals surface area contributed by atoms with Gasteiger partial charge < -0.3 is 9.13 Å². The summed E-state index contributed by atoms with van der Waals surface area (Å²) in [6, 6.07) is 62.9. The molecule has 264 valence electrons. The van der Waals surface area contributed by atoms with Crippen LogP contribution in [0.3, 0.4) is 0 Å². The number of hydrogen-bond donors (Lipinski definition) is 0. The van der Waals surface area contributed by atoms with E-state index in [1.54, 1.807) is 0 Å². The van der Waals surface area contributed by atoms with Gasteiger partial charge in [0.2, 0.25) is 0 Å². The van der Waals surface area contributed by atoms with E-state index >= 15 is 0 Å². The number of nitriles is 2. The van der Waals surface area contributed by atoms with Gasteiger partial charge in [-0.05, 0) is 102 Å². The molecule has 57 heavy (non-hydrogen) atoms. The first-order chi connectivity index (χ1) is 28.0. The number of rotatable bonds is 5. The Kier molecular flexibility index (Phi) is 7.79. The zero-order chi connectivity index (χ0) is 38.6. The van der Waals surface area contributed by atoms with Crippen molar-refractivity contribution in [3.8, 4) is 56.9 Å². The minimum absolute atomic E-state index is 0.581. The lowest BCUT2D eigenvalue weighted by Gasteiger charge is -2.19. The average molecular weight is 726 g/mol. The predicted molar refractivity (Wildman–Crippen MR) is 232 cm³/mol. The van der Waals surface area contributed by atoms with Gasteiger partial charge in [-0.1, -0.05) is 103 Å². The van der Waals surface area contributed by atoms with Crippen molar-refractivity contribution < 1.29 is 0 Å². The molecule has 0 aliphatic carbocycles. The first-order valence-electron chi connectivity index (χ1n) is 18.7. The van der Waals surface area contributed by atoms with Gasteiger partial charge in [-0.2, -0.15) is 10.5 Å². The molecule has 10 aromatic rings. The molecule has 0 unspecified atom stereocenters. The molecular weight excluding hydrogens is 695 g/mol. The Bertz CT molecular complexity index is 3380. The van der Waals surface area contributed by atoms with E-state index in [-0.39, 0.29) is 0 Å². The average Bonchev–Trinajstić information content (AvgIpc) is 3.78.